The molecule has 22 heavy (non-hydrogen) atoms. The number of amides is 1. The van der Waals surface area contributed by atoms with Crippen molar-refractivity contribution in [2.45, 2.75) is 32.4 Å². The van der Waals surface area contributed by atoms with Crippen LogP contribution in [0.5, 0.6) is 5.75 Å². The SMILES string of the molecule is COc1cccc([C@H]2CCN2C(=O)c2ccnn2C(C)C)c1. The minimum absolute atomic E-state index is 0.0465. The van der Waals surface area contributed by atoms with E-state index in [2.05, 4.69) is 5.10 Å². The maximum atomic E-state index is 12.8. The van der Waals surface area contributed by atoms with Gasteiger partial charge in [0.15, 0.2) is 0 Å². The van der Waals surface area contributed by atoms with E-state index in [4.69, 9.17) is 4.74 Å². The van der Waals surface area contributed by atoms with Crippen LogP contribution in [0.15, 0.2) is 36.5 Å². The van der Waals surface area contributed by atoms with Gasteiger partial charge in [-0.3, -0.25) is 9.48 Å². The van der Waals surface area contributed by atoms with Crippen molar-refractivity contribution in [1.29, 1.82) is 0 Å². The molecule has 5 nitrogen and oxygen atoms in total. The van der Waals surface area contributed by atoms with Gasteiger partial charge in [-0.2, -0.15) is 5.10 Å². The van der Waals surface area contributed by atoms with Crippen molar-refractivity contribution in [3.05, 3.63) is 47.8 Å². The second-order valence-electron chi connectivity index (χ2n) is 5.83. The Bertz CT molecular complexity index is 678. The Labute approximate surface area is 130 Å². The molecular formula is C17H21N3O2. The lowest BCUT2D eigenvalue weighted by Gasteiger charge is -2.41. The van der Waals surface area contributed by atoms with E-state index in [0.717, 1.165) is 24.3 Å². The van der Waals surface area contributed by atoms with Gasteiger partial charge >= 0.3 is 0 Å². The third-order valence-corrected chi connectivity index (χ3v) is 4.14. The van der Waals surface area contributed by atoms with Crippen molar-refractivity contribution in [1.82, 2.24) is 14.7 Å². The zero-order valence-corrected chi connectivity index (χ0v) is 13.2. The molecule has 2 heterocycles. The molecule has 0 aliphatic carbocycles. The summed E-state index contributed by atoms with van der Waals surface area (Å²) >= 11 is 0. The van der Waals surface area contributed by atoms with Crippen LogP contribution in [0.2, 0.25) is 0 Å². The first-order valence-electron chi connectivity index (χ1n) is 7.60. The number of carbonyl (C=O) groups is 1. The van der Waals surface area contributed by atoms with E-state index in [0.29, 0.717) is 5.69 Å². The molecule has 1 aromatic heterocycles. The molecule has 0 bridgehead atoms. The predicted octanol–water partition coefficient (Wildman–Crippen LogP) is 3.06. The number of ether oxygens (including phenoxy) is 1. The van der Waals surface area contributed by atoms with E-state index >= 15 is 0 Å². The van der Waals surface area contributed by atoms with Gasteiger partial charge in [0.1, 0.15) is 11.4 Å². The third kappa shape index (κ3) is 2.47. The lowest BCUT2D eigenvalue weighted by molar-refractivity contribution is 0.0445. The first-order valence-corrected chi connectivity index (χ1v) is 7.60. The zero-order chi connectivity index (χ0) is 15.7. The Morgan fingerprint density at radius 2 is 2.18 bits per heavy atom. The molecule has 116 valence electrons. The fourth-order valence-electron chi connectivity index (χ4n) is 2.87. The highest BCUT2D eigenvalue weighted by Crippen LogP contribution is 2.35. The summed E-state index contributed by atoms with van der Waals surface area (Å²) in [6.07, 6.45) is 2.67. The van der Waals surface area contributed by atoms with Crippen LogP contribution in [-0.2, 0) is 0 Å². The maximum Gasteiger partial charge on any atom is 0.272 e. The molecule has 0 radical (unpaired) electrons. The standard InChI is InChI=1S/C17H21N3O2/c1-12(2)20-16(7-9-18-20)17(21)19-10-8-15(19)13-5-4-6-14(11-13)22-3/h4-7,9,11-12,15H,8,10H2,1-3H3/t15-/m1/s1. The lowest BCUT2D eigenvalue weighted by atomic mass is 9.94. The fraction of sp³-hybridized carbons (Fsp3) is 0.412. The molecule has 0 N–H and O–H groups in total. The summed E-state index contributed by atoms with van der Waals surface area (Å²) in [6.45, 7) is 4.84. The Morgan fingerprint density at radius 3 is 2.82 bits per heavy atom. The molecule has 1 aromatic carbocycles. The second-order valence-corrected chi connectivity index (χ2v) is 5.83. The van der Waals surface area contributed by atoms with Crippen LogP contribution in [0.3, 0.4) is 0 Å². The molecule has 1 fully saturated rings. The van der Waals surface area contributed by atoms with Gasteiger partial charge in [0.25, 0.3) is 5.91 Å². The number of aromatic nitrogens is 2. The van der Waals surface area contributed by atoms with E-state index in [9.17, 15) is 4.79 Å². The molecule has 1 atom stereocenters. The highest BCUT2D eigenvalue weighted by atomic mass is 16.5. The summed E-state index contributed by atoms with van der Waals surface area (Å²) in [4.78, 5) is 14.7. The molecule has 1 saturated heterocycles. The Balaban J connectivity index is 1.83. The molecule has 0 saturated carbocycles. The molecule has 0 unspecified atom stereocenters. The molecule has 1 aliphatic rings. The topological polar surface area (TPSA) is 47.4 Å². The average molecular weight is 299 g/mol. The van der Waals surface area contributed by atoms with Gasteiger partial charge in [0.2, 0.25) is 0 Å². The van der Waals surface area contributed by atoms with E-state index in [1.807, 2.05) is 43.0 Å². The molecule has 2 aromatic rings. The van der Waals surface area contributed by atoms with Crippen LogP contribution < -0.4 is 4.74 Å². The lowest BCUT2D eigenvalue weighted by Crippen LogP contribution is -2.45. The van der Waals surface area contributed by atoms with Crippen LogP contribution in [0.4, 0.5) is 0 Å². The first kappa shape index (κ1) is 14.6. The maximum absolute atomic E-state index is 12.8. The fourth-order valence-corrected chi connectivity index (χ4v) is 2.87. The number of methoxy groups -OCH3 is 1. The summed E-state index contributed by atoms with van der Waals surface area (Å²) in [7, 11) is 1.66. The molecule has 1 amide bonds. The number of rotatable bonds is 4. The van der Waals surface area contributed by atoms with Crippen LogP contribution >= 0.6 is 0 Å². The van der Waals surface area contributed by atoms with Crippen molar-refractivity contribution in [2.75, 3.05) is 13.7 Å². The van der Waals surface area contributed by atoms with Gasteiger partial charge in [-0.1, -0.05) is 12.1 Å². The molecule has 5 heteroatoms. The molecule has 3 rings (SSSR count). The summed E-state index contributed by atoms with van der Waals surface area (Å²) in [5.74, 6) is 0.870. The Kier molecular flexibility index (Phi) is 3.88. The summed E-state index contributed by atoms with van der Waals surface area (Å²) in [5, 5.41) is 4.25. The quantitative estimate of drug-likeness (QED) is 0.871. The van der Waals surface area contributed by atoms with Crippen LogP contribution in [-0.4, -0.2) is 34.2 Å². The number of likely N-dealkylation sites (tertiary alicyclic amines) is 1. The van der Waals surface area contributed by atoms with Crippen molar-refractivity contribution in [2.24, 2.45) is 0 Å². The van der Waals surface area contributed by atoms with Gasteiger partial charge in [0, 0.05) is 18.8 Å². The van der Waals surface area contributed by atoms with E-state index < -0.39 is 0 Å². The predicted molar refractivity (Wildman–Crippen MR) is 84.0 cm³/mol. The number of hydrogen-bond donors (Lipinski definition) is 0. The third-order valence-electron chi connectivity index (χ3n) is 4.14. The van der Waals surface area contributed by atoms with Crippen molar-refractivity contribution in [3.63, 3.8) is 0 Å². The van der Waals surface area contributed by atoms with E-state index in [1.54, 1.807) is 24.1 Å². The molecule has 0 spiro atoms. The van der Waals surface area contributed by atoms with Crippen molar-refractivity contribution in [3.8, 4) is 5.75 Å². The van der Waals surface area contributed by atoms with E-state index in [1.165, 1.54) is 0 Å². The van der Waals surface area contributed by atoms with Gasteiger partial charge in [-0.05, 0) is 44.0 Å². The van der Waals surface area contributed by atoms with Crippen LogP contribution in [0.1, 0.15) is 48.4 Å². The monoisotopic (exact) mass is 299 g/mol. The minimum atomic E-state index is 0.0465. The summed E-state index contributed by atoms with van der Waals surface area (Å²) in [5.41, 5.74) is 1.78. The Morgan fingerprint density at radius 1 is 1.36 bits per heavy atom. The minimum Gasteiger partial charge on any atom is -0.497 e. The van der Waals surface area contributed by atoms with Crippen LogP contribution in [0, 0.1) is 0 Å². The number of hydrogen-bond acceptors (Lipinski definition) is 3. The van der Waals surface area contributed by atoms with Gasteiger partial charge in [-0.15, -0.1) is 0 Å². The zero-order valence-electron chi connectivity index (χ0n) is 13.2. The van der Waals surface area contributed by atoms with Crippen molar-refractivity contribution < 1.29 is 9.53 Å². The summed E-state index contributed by atoms with van der Waals surface area (Å²) < 4.78 is 7.06. The van der Waals surface area contributed by atoms with Crippen LogP contribution in [0.25, 0.3) is 0 Å². The smallest absolute Gasteiger partial charge is 0.272 e. The number of carbonyl (C=O) groups excluding carboxylic acids is 1. The van der Waals surface area contributed by atoms with Gasteiger partial charge in [-0.25, -0.2) is 0 Å². The highest BCUT2D eigenvalue weighted by Gasteiger charge is 2.35. The highest BCUT2D eigenvalue weighted by molar-refractivity contribution is 5.93. The van der Waals surface area contributed by atoms with Crippen molar-refractivity contribution >= 4 is 5.91 Å². The number of nitrogens with zero attached hydrogens (tertiary/aromatic N) is 3. The largest absolute Gasteiger partial charge is 0.497 e. The normalized spacial score (nSPS) is 17.5. The van der Waals surface area contributed by atoms with Gasteiger partial charge < -0.3 is 9.64 Å². The average Bonchev–Trinajstić information content (AvgIpc) is 2.96. The summed E-state index contributed by atoms with van der Waals surface area (Å²) in [6, 6.07) is 10.0. The van der Waals surface area contributed by atoms with Gasteiger partial charge in [0.05, 0.1) is 13.2 Å². The van der Waals surface area contributed by atoms with E-state index in [-0.39, 0.29) is 18.0 Å². The molecular weight excluding hydrogens is 278 g/mol. The molecule has 1 aliphatic heterocycles. The number of benzene rings is 1. The second kappa shape index (κ2) is 5.83. The Hall–Kier alpha value is -2.30. The first-order chi connectivity index (χ1) is 10.6.